The molecule has 1 saturated carbocycles. The maximum atomic E-state index is 6.47. The van der Waals surface area contributed by atoms with Crippen LogP contribution in [0, 0.1) is 0 Å². The van der Waals surface area contributed by atoms with E-state index in [1.807, 2.05) is 18.2 Å². The van der Waals surface area contributed by atoms with E-state index in [1.54, 1.807) is 17.7 Å². The first-order valence-electron chi connectivity index (χ1n) is 9.19. The molecule has 0 saturated heterocycles. The smallest absolute Gasteiger partial charge is 0.0963 e. The summed E-state index contributed by atoms with van der Waals surface area (Å²) < 4.78 is 0. The van der Waals surface area contributed by atoms with Crippen LogP contribution in [0.15, 0.2) is 54.2 Å². The summed E-state index contributed by atoms with van der Waals surface area (Å²) in [6, 6.07) is 13.7. The minimum Gasteiger partial charge on any atom is -0.345 e. The van der Waals surface area contributed by atoms with Gasteiger partial charge in [0.2, 0.25) is 0 Å². The van der Waals surface area contributed by atoms with Gasteiger partial charge in [0, 0.05) is 28.9 Å². The maximum absolute atomic E-state index is 6.47. The van der Waals surface area contributed by atoms with Crippen molar-refractivity contribution in [2.75, 3.05) is 0 Å². The molecule has 0 aliphatic heterocycles. The third kappa shape index (κ3) is 3.16. The van der Waals surface area contributed by atoms with Gasteiger partial charge in [-0.25, -0.2) is 9.97 Å². The molecule has 136 valence electrons. The average molecular weight is 376 g/mol. The highest BCUT2D eigenvalue weighted by molar-refractivity contribution is 7.10. The minimum absolute atomic E-state index is 0.281. The molecule has 5 N–H and O–H groups in total. The molecule has 1 aliphatic carbocycles. The van der Waals surface area contributed by atoms with Crippen molar-refractivity contribution in [2.24, 2.45) is 11.5 Å². The van der Waals surface area contributed by atoms with E-state index in [1.165, 1.54) is 17.8 Å². The van der Waals surface area contributed by atoms with Crippen LogP contribution in [0.5, 0.6) is 0 Å². The Morgan fingerprint density at radius 2 is 1.74 bits per heavy atom. The quantitative estimate of drug-likeness (QED) is 0.486. The van der Waals surface area contributed by atoms with E-state index in [0.717, 1.165) is 33.4 Å². The van der Waals surface area contributed by atoms with Crippen LogP contribution in [0.25, 0.3) is 22.3 Å². The lowest BCUT2D eigenvalue weighted by molar-refractivity contribution is 0.575. The Hall–Kier alpha value is -2.54. The average Bonchev–Trinajstić information content (AvgIpc) is 3.25. The number of aromatic nitrogens is 3. The van der Waals surface area contributed by atoms with Crippen molar-refractivity contribution in [3.8, 4) is 11.3 Å². The monoisotopic (exact) mass is 375 g/mol. The summed E-state index contributed by atoms with van der Waals surface area (Å²) >= 11 is 1.77. The Kier molecular flexibility index (Phi) is 4.04. The largest absolute Gasteiger partial charge is 0.345 e. The summed E-state index contributed by atoms with van der Waals surface area (Å²) in [7, 11) is 0. The van der Waals surface area contributed by atoms with Crippen LogP contribution in [-0.4, -0.2) is 15.0 Å². The first-order chi connectivity index (χ1) is 13.2. The molecule has 0 amide bonds. The molecule has 2 unspecified atom stereocenters. The Labute approximate surface area is 161 Å². The van der Waals surface area contributed by atoms with Crippen LogP contribution >= 0.6 is 11.3 Å². The number of H-pyrrole nitrogens is 1. The first-order valence-corrected chi connectivity index (χ1v) is 10.1. The Bertz CT molecular complexity index is 1080. The lowest BCUT2D eigenvalue weighted by Gasteiger charge is -2.21. The summed E-state index contributed by atoms with van der Waals surface area (Å²) in [5, 5.41) is 3.41. The molecule has 4 aromatic rings. The topological polar surface area (TPSA) is 93.6 Å². The van der Waals surface area contributed by atoms with E-state index in [2.05, 4.69) is 39.6 Å². The van der Waals surface area contributed by atoms with Crippen LogP contribution in [0.3, 0.4) is 0 Å². The van der Waals surface area contributed by atoms with Crippen LogP contribution in [-0.2, 0) is 0 Å². The van der Waals surface area contributed by atoms with Crippen LogP contribution in [0.4, 0.5) is 0 Å². The van der Waals surface area contributed by atoms with Gasteiger partial charge in [0.25, 0.3) is 0 Å². The van der Waals surface area contributed by atoms with Crippen molar-refractivity contribution in [2.45, 2.75) is 30.8 Å². The number of hydrogen-bond donors (Lipinski definition) is 3. The van der Waals surface area contributed by atoms with E-state index in [0.29, 0.717) is 5.92 Å². The number of fused-ring (bicyclic) bond motifs is 1. The Morgan fingerprint density at radius 3 is 2.52 bits per heavy atom. The number of benzene rings is 2. The zero-order valence-electron chi connectivity index (χ0n) is 14.8. The second-order valence-corrected chi connectivity index (χ2v) is 8.09. The van der Waals surface area contributed by atoms with Gasteiger partial charge in [-0.2, -0.15) is 0 Å². The van der Waals surface area contributed by atoms with Crippen molar-refractivity contribution in [3.63, 3.8) is 0 Å². The van der Waals surface area contributed by atoms with Crippen molar-refractivity contribution in [1.82, 2.24) is 15.0 Å². The highest BCUT2D eigenvalue weighted by atomic mass is 32.1. The molecule has 6 heteroatoms. The number of imidazole rings is 1. The van der Waals surface area contributed by atoms with Gasteiger partial charge in [0.1, 0.15) is 0 Å². The third-order valence-corrected chi connectivity index (χ3v) is 6.26. The highest BCUT2D eigenvalue weighted by Gasteiger charge is 2.26. The predicted octanol–water partition coefficient (Wildman–Crippen LogP) is 4.26. The second-order valence-electron chi connectivity index (χ2n) is 7.20. The van der Waals surface area contributed by atoms with E-state index < -0.39 is 0 Å². The third-order valence-electron chi connectivity index (χ3n) is 5.26. The molecular formula is C21H21N5S. The summed E-state index contributed by atoms with van der Waals surface area (Å²) in [6.45, 7) is 0. The predicted molar refractivity (Wildman–Crippen MR) is 109 cm³/mol. The van der Waals surface area contributed by atoms with E-state index in [-0.39, 0.29) is 12.1 Å². The normalized spacial score (nSPS) is 16.5. The molecule has 1 fully saturated rings. The van der Waals surface area contributed by atoms with Gasteiger partial charge in [-0.05, 0) is 36.1 Å². The number of nitrogens with two attached hydrogens (primary N) is 2. The minimum atomic E-state index is -0.288. The van der Waals surface area contributed by atoms with Crippen LogP contribution < -0.4 is 11.5 Å². The van der Waals surface area contributed by atoms with Gasteiger partial charge in [0.15, 0.2) is 0 Å². The van der Waals surface area contributed by atoms with Gasteiger partial charge in [-0.3, -0.25) is 0 Å². The zero-order chi connectivity index (χ0) is 18.4. The number of aromatic amines is 1. The van der Waals surface area contributed by atoms with Gasteiger partial charge in [0.05, 0.1) is 28.1 Å². The molecule has 2 heterocycles. The fourth-order valence-corrected chi connectivity index (χ4v) is 4.39. The summed E-state index contributed by atoms with van der Waals surface area (Å²) in [6.07, 6.45) is 4.25. The first kappa shape index (κ1) is 16.6. The molecule has 1 aliphatic rings. The summed E-state index contributed by atoms with van der Waals surface area (Å²) in [4.78, 5) is 12.1. The molecule has 0 bridgehead atoms. The fraction of sp³-hybridized carbons (Fsp3) is 0.238. The number of hydrogen-bond acceptors (Lipinski definition) is 5. The van der Waals surface area contributed by atoms with Crippen LogP contribution in [0.1, 0.15) is 47.0 Å². The number of rotatable bonds is 5. The number of nitrogens with zero attached hydrogens (tertiary/aromatic N) is 2. The number of thiazole rings is 1. The molecular weight excluding hydrogens is 354 g/mol. The zero-order valence-corrected chi connectivity index (χ0v) is 15.6. The molecule has 5 nitrogen and oxygen atoms in total. The summed E-state index contributed by atoms with van der Waals surface area (Å²) in [5.74, 6) is 0.696. The second kappa shape index (κ2) is 6.56. The van der Waals surface area contributed by atoms with E-state index in [4.69, 9.17) is 16.5 Å². The van der Waals surface area contributed by atoms with Crippen molar-refractivity contribution >= 4 is 22.4 Å². The Morgan fingerprint density at radius 1 is 1.00 bits per heavy atom. The maximum Gasteiger partial charge on any atom is 0.0963 e. The van der Waals surface area contributed by atoms with Gasteiger partial charge in [-0.1, -0.05) is 30.3 Å². The van der Waals surface area contributed by atoms with Crippen molar-refractivity contribution < 1.29 is 0 Å². The lowest BCUT2D eigenvalue weighted by atomic mass is 9.94. The lowest BCUT2D eigenvalue weighted by Crippen LogP contribution is -2.26. The van der Waals surface area contributed by atoms with E-state index in [9.17, 15) is 0 Å². The Balaban J connectivity index is 1.36. The van der Waals surface area contributed by atoms with Crippen LogP contribution in [0.2, 0.25) is 0 Å². The summed E-state index contributed by atoms with van der Waals surface area (Å²) in [5.41, 5.74) is 19.0. The molecule has 2 aromatic carbocycles. The molecule has 0 radical (unpaired) electrons. The van der Waals surface area contributed by atoms with Gasteiger partial charge in [-0.15, -0.1) is 11.3 Å². The molecule has 27 heavy (non-hydrogen) atoms. The number of nitrogens with one attached hydrogen (secondary N) is 1. The standard InChI is InChI=1S/C21H21N5S/c22-19(20(23)15-7-8-16-17(9-15)25-11-24-16)13-3-1-12(2-4-13)18-10-27-21(26-18)14-5-6-14/h1-4,7-11,14,19-20H,5-6,22-23H2,(H,24,25). The van der Waals surface area contributed by atoms with E-state index >= 15 is 0 Å². The van der Waals surface area contributed by atoms with Crippen molar-refractivity contribution in [3.05, 3.63) is 70.3 Å². The van der Waals surface area contributed by atoms with Gasteiger partial charge >= 0.3 is 0 Å². The molecule has 2 atom stereocenters. The SMILES string of the molecule is NC(c1ccc(-c2csc(C3CC3)n2)cc1)C(N)c1ccc2nc[nH]c2c1. The molecule has 0 spiro atoms. The fourth-order valence-electron chi connectivity index (χ4n) is 3.39. The van der Waals surface area contributed by atoms with Crippen molar-refractivity contribution in [1.29, 1.82) is 0 Å². The highest BCUT2D eigenvalue weighted by Crippen LogP contribution is 2.42. The molecule has 5 rings (SSSR count). The van der Waals surface area contributed by atoms with Gasteiger partial charge < -0.3 is 16.5 Å². The molecule has 2 aromatic heterocycles.